The summed E-state index contributed by atoms with van der Waals surface area (Å²) < 4.78 is 0. The Bertz CT molecular complexity index is 421. The van der Waals surface area contributed by atoms with Crippen LogP contribution in [0.1, 0.15) is 5.56 Å². The highest BCUT2D eigenvalue weighted by Gasteiger charge is 2.00. The van der Waals surface area contributed by atoms with Crippen molar-refractivity contribution in [3.63, 3.8) is 0 Å². The number of aromatic nitrogens is 1. The molecule has 0 aliphatic heterocycles. The van der Waals surface area contributed by atoms with Crippen LogP contribution in [0.4, 0.5) is 0 Å². The van der Waals surface area contributed by atoms with Gasteiger partial charge in [0.2, 0.25) is 0 Å². The van der Waals surface area contributed by atoms with Gasteiger partial charge >= 0.3 is 0 Å². The van der Waals surface area contributed by atoms with E-state index in [-0.39, 0.29) is 0 Å². The van der Waals surface area contributed by atoms with E-state index in [1.807, 2.05) is 12.4 Å². The lowest BCUT2D eigenvalue weighted by molar-refractivity contribution is 1.05. The molecular weight excluding hydrogens is 267 g/mol. The molecule has 0 unspecified atom stereocenters. The molecule has 84 valence electrons. The predicted molar refractivity (Wildman–Crippen MR) is 67.7 cm³/mol. The number of hydrogen-bond donors (Lipinski definition) is 1. The molecule has 1 rings (SSSR count). The van der Waals surface area contributed by atoms with Crippen molar-refractivity contribution in [2.75, 3.05) is 6.26 Å². The van der Waals surface area contributed by atoms with Crippen LogP contribution in [0, 0.1) is 11.5 Å². The van der Waals surface area contributed by atoms with Gasteiger partial charge in [-0.1, -0.05) is 35.0 Å². The molecule has 0 aliphatic rings. The quantitative estimate of drug-likeness (QED) is 0.296. The van der Waals surface area contributed by atoms with Gasteiger partial charge in [-0.25, -0.2) is 4.98 Å². The molecule has 0 radical (unpaired) electrons. The van der Waals surface area contributed by atoms with Gasteiger partial charge in [0, 0.05) is 0 Å². The zero-order valence-corrected chi connectivity index (χ0v) is 10.7. The lowest BCUT2D eigenvalue weighted by Crippen LogP contribution is -2.13. The number of hydrogen-bond acceptors (Lipinski definition) is 4. The fourth-order valence-electron chi connectivity index (χ4n) is 0.972. The first kappa shape index (κ1) is 13.1. The molecule has 0 spiro atoms. The number of pyridine rings is 1. The third kappa shape index (κ3) is 4.27. The normalized spacial score (nSPS) is 11.0. The van der Waals surface area contributed by atoms with Gasteiger partial charge in [0.05, 0.1) is 6.54 Å². The van der Waals surface area contributed by atoms with E-state index in [0.717, 1.165) is 5.56 Å². The maximum Gasteiger partial charge on any atom is 0.183 e. The first-order chi connectivity index (χ1) is 7.65. The molecule has 0 fully saturated rings. The number of thioether (sulfide) groups is 1. The number of halogens is 2. The second-order valence-electron chi connectivity index (χ2n) is 2.68. The summed E-state index contributed by atoms with van der Waals surface area (Å²) in [6, 6.07) is 3.36. The molecule has 0 aliphatic carbocycles. The van der Waals surface area contributed by atoms with E-state index in [0.29, 0.717) is 22.0 Å². The first-order valence-corrected chi connectivity index (χ1v) is 6.19. The van der Waals surface area contributed by atoms with Gasteiger partial charge in [0.25, 0.3) is 0 Å². The van der Waals surface area contributed by atoms with Crippen molar-refractivity contribution in [1.82, 2.24) is 10.3 Å². The third-order valence-corrected chi connectivity index (χ3v) is 2.59. The molecule has 16 heavy (non-hydrogen) atoms. The number of rotatable bonds is 2. The summed E-state index contributed by atoms with van der Waals surface area (Å²) in [4.78, 5) is 8.01. The van der Waals surface area contributed by atoms with Crippen LogP contribution < -0.4 is 5.32 Å². The van der Waals surface area contributed by atoms with E-state index < -0.39 is 0 Å². The minimum atomic E-state index is 0.330. The Kier molecular flexibility index (Phi) is 5.39. The van der Waals surface area contributed by atoms with Crippen molar-refractivity contribution < 1.29 is 0 Å². The smallest absolute Gasteiger partial charge is 0.183 e. The first-order valence-electron chi connectivity index (χ1n) is 4.21. The Morgan fingerprint density at radius 1 is 1.56 bits per heavy atom. The number of nitrogens with zero attached hydrogens (tertiary/aromatic N) is 3. The van der Waals surface area contributed by atoms with Gasteiger partial charge in [-0.05, 0) is 24.0 Å². The highest BCUT2D eigenvalue weighted by Crippen LogP contribution is 2.15. The van der Waals surface area contributed by atoms with Crippen LogP contribution in [0.5, 0.6) is 0 Å². The average Bonchev–Trinajstić information content (AvgIpc) is 2.23. The largest absolute Gasteiger partial charge is 0.272 e. The van der Waals surface area contributed by atoms with Crippen molar-refractivity contribution in [2.24, 2.45) is 4.99 Å². The number of nitriles is 1. The van der Waals surface area contributed by atoms with Crippen LogP contribution in [-0.2, 0) is 6.54 Å². The van der Waals surface area contributed by atoms with Crippen LogP contribution in [0.3, 0.4) is 0 Å². The third-order valence-electron chi connectivity index (χ3n) is 1.58. The topological polar surface area (TPSA) is 61.1 Å². The zero-order chi connectivity index (χ0) is 12.0. The summed E-state index contributed by atoms with van der Waals surface area (Å²) in [5.74, 6) is 0. The number of amidine groups is 1. The molecule has 1 N–H and O–H groups in total. The summed E-state index contributed by atoms with van der Waals surface area (Å²) in [6.07, 6.45) is 3.64. The van der Waals surface area contributed by atoms with Gasteiger partial charge in [0.15, 0.2) is 11.4 Å². The Labute approximate surface area is 108 Å². The second-order valence-corrected chi connectivity index (χ2v) is 4.25. The fourth-order valence-corrected chi connectivity index (χ4v) is 1.82. The highest BCUT2D eigenvalue weighted by atomic mass is 35.5. The van der Waals surface area contributed by atoms with E-state index in [9.17, 15) is 0 Å². The Morgan fingerprint density at radius 3 is 2.69 bits per heavy atom. The van der Waals surface area contributed by atoms with Crippen molar-refractivity contribution in [2.45, 2.75) is 6.54 Å². The second kappa shape index (κ2) is 6.59. The fraction of sp³-hybridized carbons (Fsp3) is 0.222. The summed E-state index contributed by atoms with van der Waals surface area (Å²) in [5, 5.41) is 12.1. The molecule has 1 heterocycles. The maximum atomic E-state index is 8.45. The summed E-state index contributed by atoms with van der Waals surface area (Å²) in [6.45, 7) is 0.396. The van der Waals surface area contributed by atoms with Crippen molar-refractivity contribution in [1.29, 1.82) is 5.26 Å². The van der Waals surface area contributed by atoms with E-state index in [2.05, 4.69) is 15.3 Å². The summed E-state index contributed by atoms with van der Waals surface area (Å²) in [7, 11) is 0. The molecule has 0 bridgehead atoms. The standard InChI is InChI=1S/C9H8Cl2N4S/c1-16-9(14-5-12)13-4-6-2-7(10)15-8(11)3-6/h2-3H,4H2,1H3,(H,13,14). The molecule has 1 aromatic heterocycles. The summed E-state index contributed by atoms with van der Waals surface area (Å²) >= 11 is 12.8. The van der Waals surface area contributed by atoms with Crippen LogP contribution in [0.25, 0.3) is 0 Å². The molecule has 1 aromatic rings. The van der Waals surface area contributed by atoms with Gasteiger partial charge in [-0.3, -0.25) is 10.3 Å². The Balaban J connectivity index is 2.77. The van der Waals surface area contributed by atoms with E-state index in [1.165, 1.54) is 11.8 Å². The van der Waals surface area contributed by atoms with Crippen molar-refractivity contribution in [3.05, 3.63) is 28.0 Å². The minimum absolute atomic E-state index is 0.330. The Morgan fingerprint density at radius 2 is 2.19 bits per heavy atom. The molecule has 7 heteroatoms. The van der Waals surface area contributed by atoms with E-state index in [4.69, 9.17) is 28.5 Å². The van der Waals surface area contributed by atoms with Crippen LogP contribution in [-0.4, -0.2) is 16.4 Å². The van der Waals surface area contributed by atoms with Crippen LogP contribution >= 0.6 is 35.0 Å². The summed E-state index contributed by atoms with van der Waals surface area (Å²) in [5.41, 5.74) is 0.844. The molecule has 0 saturated carbocycles. The maximum absolute atomic E-state index is 8.45. The van der Waals surface area contributed by atoms with E-state index in [1.54, 1.807) is 12.1 Å². The molecule has 0 atom stereocenters. The molecule has 0 aromatic carbocycles. The van der Waals surface area contributed by atoms with Gasteiger partial charge in [-0.15, -0.1) is 0 Å². The van der Waals surface area contributed by atoms with Crippen LogP contribution in [0.2, 0.25) is 10.3 Å². The lowest BCUT2D eigenvalue weighted by atomic mass is 10.3. The Hall–Kier alpha value is -0.960. The van der Waals surface area contributed by atoms with Gasteiger partial charge < -0.3 is 0 Å². The zero-order valence-electron chi connectivity index (χ0n) is 8.37. The number of aliphatic imine (C=N–C) groups is 1. The molecular formula is C9H8Cl2N4S. The van der Waals surface area contributed by atoms with Crippen molar-refractivity contribution >= 4 is 40.1 Å². The monoisotopic (exact) mass is 274 g/mol. The molecule has 0 saturated heterocycles. The average molecular weight is 275 g/mol. The van der Waals surface area contributed by atoms with Gasteiger partial charge in [0.1, 0.15) is 10.3 Å². The molecule has 0 amide bonds. The predicted octanol–water partition coefficient (Wildman–Crippen LogP) is 2.68. The minimum Gasteiger partial charge on any atom is -0.272 e. The SMILES string of the molecule is CSC(=NCc1cc(Cl)nc(Cl)c1)NC#N. The van der Waals surface area contributed by atoms with E-state index >= 15 is 0 Å². The van der Waals surface area contributed by atoms with Gasteiger partial charge in [-0.2, -0.15) is 5.26 Å². The van der Waals surface area contributed by atoms with Crippen molar-refractivity contribution in [3.8, 4) is 6.19 Å². The highest BCUT2D eigenvalue weighted by molar-refractivity contribution is 8.13. The molecule has 4 nitrogen and oxygen atoms in total. The van der Waals surface area contributed by atoms with Crippen LogP contribution in [0.15, 0.2) is 17.1 Å². The number of nitrogens with one attached hydrogen (secondary N) is 1. The lowest BCUT2D eigenvalue weighted by Gasteiger charge is -2.01.